The van der Waals surface area contributed by atoms with Gasteiger partial charge in [0.05, 0.1) is 0 Å². The molecule has 2 rings (SSSR count). The van der Waals surface area contributed by atoms with Crippen molar-refractivity contribution in [2.24, 2.45) is 5.73 Å². The SMILES string of the molecule is N[C@@H](Cc1cccnc1)C(O)C(=O)NCc1ccccc1. The van der Waals surface area contributed by atoms with Crippen molar-refractivity contribution in [2.45, 2.75) is 25.1 Å². The summed E-state index contributed by atoms with van der Waals surface area (Å²) in [5.74, 6) is -0.463. The second kappa shape index (κ2) is 7.52. The van der Waals surface area contributed by atoms with Crippen LogP contribution in [0.25, 0.3) is 0 Å². The van der Waals surface area contributed by atoms with Crippen molar-refractivity contribution in [3.63, 3.8) is 0 Å². The minimum absolute atomic E-state index is 0.371. The molecule has 0 saturated carbocycles. The van der Waals surface area contributed by atoms with Gasteiger partial charge in [0.1, 0.15) is 6.10 Å². The van der Waals surface area contributed by atoms with Crippen LogP contribution in [0.3, 0.4) is 0 Å². The van der Waals surface area contributed by atoms with Crippen LogP contribution in [0, 0.1) is 0 Å². The Kier molecular flexibility index (Phi) is 5.43. The number of nitrogens with two attached hydrogens (primary N) is 1. The van der Waals surface area contributed by atoms with Gasteiger partial charge in [0, 0.05) is 25.0 Å². The van der Waals surface area contributed by atoms with E-state index in [0.29, 0.717) is 13.0 Å². The lowest BCUT2D eigenvalue weighted by molar-refractivity contribution is -0.130. The van der Waals surface area contributed by atoms with Gasteiger partial charge in [0.25, 0.3) is 5.91 Å². The Balaban J connectivity index is 1.84. The average molecular weight is 285 g/mol. The van der Waals surface area contributed by atoms with Gasteiger partial charge < -0.3 is 16.2 Å². The number of amides is 1. The highest BCUT2D eigenvalue weighted by Gasteiger charge is 2.22. The van der Waals surface area contributed by atoms with E-state index in [1.165, 1.54) is 0 Å². The summed E-state index contributed by atoms with van der Waals surface area (Å²) in [6.45, 7) is 0.371. The monoisotopic (exact) mass is 285 g/mol. The summed E-state index contributed by atoms with van der Waals surface area (Å²) >= 11 is 0. The molecule has 1 aromatic heterocycles. The Bertz CT molecular complexity index is 560. The second-order valence-corrected chi connectivity index (χ2v) is 4.88. The molecule has 5 heteroatoms. The van der Waals surface area contributed by atoms with Gasteiger partial charge >= 0.3 is 0 Å². The first kappa shape index (κ1) is 15.2. The van der Waals surface area contributed by atoms with E-state index >= 15 is 0 Å². The Morgan fingerprint density at radius 3 is 2.57 bits per heavy atom. The molecule has 0 fully saturated rings. The minimum Gasteiger partial charge on any atom is -0.382 e. The molecule has 110 valence electrons. The standard InChI is InChI=1S/C16H19N3O2/c17-14(9-13-7-4-8-18-10-13)15(20)16(21)19-11-12-5-2-1-3-6-12/h1-8,10,14-15,20H,9,11,17H2,(H,19,21)/t14-,15?/m0/s1. The molecule has 2 aromatic rings. The van der Waals surface area contributed by atoms with Crippen LogP contribution in [0.1, 0.15) is 11.1 Å². The van der Waals surface area contributed by atoms with E-state index in [9.17, 15) is 9.90 Å². The number of nitrogens with one attached hydrogen (secondary N) is 1. The van der Waals surface area contributed by atoms with E-state index in [1.54, 1.807) is 18.5 Å². The molecule has 1 aromatic carbocycles. The van der Waals surface area contributed by atoms with Crippen LogP contribution in [0.15, 0.2) is 54.9 Å². The molecule has 1 amide bonds. The minimum atomic E-state index is -1.24. The molecule has 0 aliphatic rings. The Hall–Kier alpha value is -2.24. The molecule has 0 bridgehead atoms. The van der Waals surface area contributed by atoms with Crippen LogP contribution in [0.4, 0.5) is 0 Å². The van der Waals surface area contributed by atoms with Crippen molar-refractivity contribution in [2.75, 3.05) is 0 Å². The maximum atomic E-state index is 11.9. The number of hydrogen-bond acceptors (Lipinski definition) is 4. The fourth-order valence-electron chi connectivity index (χ4n) is 1.99. The smallest absolute Gasteiger partial charge is 0.250 e. The molecule has 5 nitrogen and oxygen atoms in total. The van der Waals surface area contributed by atoms with Crippen molar-refractivity contribution in [1.29, 1.82) is 0 Å². The summed E-state index contributed by atoms with van der Waals surface area (Å²) < 4.78 is 0. The summed E-state index contributed by atoms with van der Waals surface area (Å²) in [6, 6.07) is 12.5. The van der Waals surface area contributed by atoms with E-state index < -0.39 is 18.1 Å². The predicted octanol–water partition coefficient (Wildman–Crippen LogP) is 0.629. The van der Waals surface area contributed by atoms with Crippen molar-refractivity contribution in [3.8, 4) is 0 Å². The van der Waals surface area contributed by atoms with Crippen molar-refractivity contribution >= 4 is 5.91 Å². The topological polar surface area (TPSA) is 88.2 Å². The number of hydrogen-bond donors (Lipinski definition) is 3. The van der Waals surface area contributed by atoms with E-state index in [0.717, 1.165) is 11.1 Å². The molecular formula is C16H19N3O2. The van der Waals surface area contributed by atoms with Crippen LogP contribution >= 0.6 is 0 Å². The third kappa shape index (κ3) is 4.66. The number of benzene rings is 1. The van der Waals surface area contributed by atoms with Gasteiger partial charge in [-0.2, -0.15) is 0 Å². The lowest BCUT2D eigenvalue weighted by Gasteiger charge is -2.18. The zero-order chi connectivity index (χ0) is 15.1. The molecule has 1 unspecified atom stereocenters. The highest BCUT2D eigenvalue weighted by Crippen LogP contribution is 2.04. The second-order valence-electron chi connectivity index (χ2n) is 4.88. The molecule has 0 radical (unpaired) electrons. The highest BCUT2D eigenvalue weighted by atomic mass is 16.3. The summed E-state index contributed by atoms with van der Waals surface area (Å²) in [5, 5.41) is 12.6. The zero-order valence-corrected chi connectivity index (χ0v) is 11.6. The number of rotatable bonds is 6. The van der Waals surface area contributed by atoms with Crippen molar-refractivity contribution < 1.29 is 9.90 Å². The van der Waals surface area contributed by atoms with Crippen LogP contribution in [-0.2, 0) is 17.8 Å². The quantitative estimate of drug-likeness (QED) is 0.726. The van der Waals surface area contributed by atoms with Crippen LogP contribution in [-0.4, -0.2) is 28.1 Å². The van der Waals surface area contributed by atoms with E-state index in [4.69, 9.17) is 5.73 Å². The molecule has 0 aliphatic heterocycles. The number of aliphatic hydroxyl groups excluding tert-OH is 1. The molecule has 21 heavy (non-hydrogen) atoms. The van der Waals surface area contributed by atoms with Gasteiger partial charge in [-0.15, -0.1) is 0 Å². The average Bonchev–Trinajstić information content (AvgIpc) is 2.53. The largest absolute Gasteiger partial charge is 0.382 e. The lowest BCUT2D eigenvalue weighted by atomic mass is 10.0. The van der Waals surface area contributed by atoms with Gasteiger partial charge in [0.15, 0.2) is 0 Å². The molecule has 4 N–H and O–H groups in total. The maximum Gasteiger partial charge on any atom is 0.250 e. The Labute approximate surface area is 123 Å². The third-order valence-electron chi connectivity index (χ3n) is 3.18. The lowest BCUT2D eigenvalue weighted by Crippen LogP contribution is -2.47. The van der Waals surface area contributed by atoms with Crippen molar-refractivity contribution in [3.05, 3.63) is 66.0 Å². The number of aromatic nitrogens is 1. The summed E-state index contributed by atoms with van der Waals surface area (Å²) in [4.78, 5) is 15.9. The first-order valence-electron chi connectivity index (χ1n) is 6.81. The molecule has 0 spiro atoms. The van der Waals surface area contributed by atoms with Crippen LogP contribution < -0.4 is 11.1 Å². The summed E-state index contributed by atoms with van der Waals surface area (Å²) in [6.07, 6.45) is 2.49. The van der Waals surface area contributed by atoms with Gasteiger partial charge in [-0.25, -0.2) is 0 Å². The summed E-state index contributed by atoms with van der Waals surface area (Å²) in [5.41, 5.74) is 7.74. The van der Waals surface area contributed by atoms with Crippen molar-refractivity contribution in [1.82, 2.24) is 10.3 Å². The number of carbonyl (C=O) groups is 1. The third-order valence-corrected chi connectivity index (χ3v) is 3.18. The Morgan fingerprint density at radius 2 is 1.90 bits per heavy atom. The van der Waals surface area contributed by atoms with Crippen LogP contribution in [0.5, 0.6) is 0 Å². The first-order valence-corrected chi connectivity index (χ1v) is 6.81. The molecule has 1 heterocycles. The molecular weight excluding hydrogens is 266 g/mol. The fourth-order valence-corrected chi connectivity index (χ4v) is 1.99. The zero-order valence-electron chi connectivity index (χ0n) is 11.6. The Morgan fingerprint density at radius 1 is 1.19 bits per heavy atom. The molecule has 0 aliphatic carbocycles. The number of carbonyl (C=O) groups excluding carboxylic acids is 1. The van der Waals surface area contributed by atoms with E-state index in [1.807, 2.05) is 36.4 Å². The molecule has 2 atom stereocenters. The van der Waals surface area contributed by atoms with Gasteiger partial charge in [0.2, 0.25) is 0 Å². The van der Waals surface area contributed by atoms with Gasteiger partial charge in [-0.05, 0) is 23.6 Å². The van der Waals surface area contributed by atoms with Gasteiger partial charge in [-0.1, -0.05) is 36.4 Å². The number of pyridine rings is 1. The van der Waals surface area contributed by atoms with E-state index in [2.05, 4.69) is 10.3 Å². The summed E-state index contributed by atoms with van der Waals surface area (Å²) in [7, 11) is 0. The fraction of sp³-hybridized carbons (Fsp3) is 0.250. The normalized spacial score (nSPS) is 13.4. The first-order chi connectivity index (χ1) is 10.2. The van der Waals surface area contributed by atoms with E-state index in [-0.39, 0.29) is 0 Å². The highest BCUT2D eigenvalue weighted by molar-refractivity contribution is 5.81. The maximum absolute atomic E-state index is 11.9. The number of nitrogens with zero attached hydrogens (tertiary/aromatic N) is 1. The molecule has 0 saturated heterocycles. The van der Waals surface area contributed by atoms with Gasteiger partial charge in [-0.3, -0.25) is 9.78 Å². The number of aliphatic hydroxyl groups is 1. The van der Waals surface area contributed by atoms with Crippen LogP contribution in [0.2, 0.25) is 0 Å². The predicted molar refractivity (Wildman–Crippen MR) is 80.2 cm³/mol.